The highest BCUT2D eigenvalue weighted by Crippen LogP contribution is 2.27. The van der Waals surface area contributed by atoms with E-state index >= 15 is 0 Å². The fourth-order valence-corrected chi connectivity index (χ4v) is 3.70. The van der Waals surface area contributed by atoms with E-state index in [1.807, 2.05) is 36.6 Å². The molecule has 0 aliphatic carbocycles. The molecule has 0 saturated carbocycles. The number of fused-ring (bicyclic) bond motifs is 1. The SMILES string of the molecule is COc1ccc(C(=O)c2c(NC(=O)COc3cc(C)ccc3C)nc3n2CCC3)cc1. The van der Waals surface area contributed by atoms with Crippen molar-refractivity contribution in [1.82, 2.24) is 9.55 Å². The minimum Gasteiger partial charge on any atom is -0.497 e. The summed E-state index contributed by atoms with van der Waals surface area (Å²) in [6, 6.07) is 12.7. The molecule has 1 amide bonds. The molecule has 31 heavy (non-hydrogen) atoms. The van der Waals surface area contributed by atoms with E-state index in [-0.39, 0.29) is 24.1 Å². The van der Waals surface area contributed by atoms with Crippen molar-refractivity contribution in [3.05, 3.63) is 70.7 Å². The number of ketones is 1. The number of anilines is 1. The molecule has 1 aromatic heterocycles. The van der Waals surface area contributed by atoms with Gasteiger partial charge < -0.3 is 19.4 Å². The molecule has 0 radical (unpaired) electrons. The van der Waals surface area contributed by atoms with Crippen LogP contribution in [0.4, 0.5) is 5.82 Å². The van der Waals surface area contributed by atoms with E-state index in [1.54, 1.807) is 31.4 Å². The summed E-state index contributed by atoms with van der Waals surface area (Å²) < 4.78 is 12.8. The van der Waals surface area contributed by atoms with Crippen LogP contribution in [0.5, 0.6) is 11.5 Å². The largest absolute Gasteiger partial charge is 0.497 e. The molecular weight excluding hydrogens is 394 g/mol. The Morgan fingerprint density at radius 2 is 1.90 bits per heavy atom. The molecule has 160 valence electrons. The highest BCUT2D eigenvalue weighted by Gasteiger charge is 2.27. The lowest BCUT2D eigenvalue weighted by molar-refractivity contribution is -0.118. The van der Waals surface area contributed by atoms with E-state index in [0.29, 0.717) is 29.3 Å². The van der Waals surface area contributed by atoms with Gasteiger partial charge in [-0.25, -0.2) is 4.98 Å². The van der Waals surface area contributed by atoms with Gasteiger partial charge in [-0.05, 0) is 61.7 Å². The molecule has 1 N–H and O–H groups in total. The Morgan fingerprint density at radius 1 is 1.13 bits per heavy atom. The first-order valence-electron chi connectivity index (χ1n) is 10.2. The van der Waals surface area contributed by atoms with Crippen LogP contribution in [0.1, 0.15) is 39.4 Å². The molecule has 0 unspecified atom stereocenters. The zero-order valence-electron chi connectivity index (χ0n) is 17.9. The summed E-state index contributed by atoms with van der Waals surface area (Å²) in [6.07, 6.45) is 1.70. The normalized spacial score (nSPS) is 12.4. The minimum atomic E-state index is -0.360. The second-order valence-corrected chi connectivity index (χ2v) is 7.64. The number of carbonyl (C=O) groups is 2. The van der Waals surface area contributed by atoms with Crippen molar-refractivity contribution in [3.8, 4) is 11.5 Å². The first kappa shape index (κ1) is 20.7. The molecule has 3 aromatic rings. The van der Waals surface area contributed by atoms with Crippen LogP contribution < -0.4 is 14.8 Å². The standard InChI is InChI=1S/C24H25N3O4/c1-15-6-7-16(2)19(13-15)31-14-21(28)26-24-22(27-12-4-5-20(27)25-24)23(29)17-8-10-18(30-3)11-9-17/h6-11,13H,4-5,12,14H2,1-3H3,(H,26,28). The molecule has 7 heteroatoms. The van der Waals surface area contributed by atoms with Gasteiger partial charge in [0.25, 0.3) is 5.91 Å². The maximum Gasteiger partial charge on any atom is 0.263 e. The van der Waals surface area contributed by atoms with E-state index < -0.39 is 0 Å². The number of benzene rings is 2. The smallest absolute Gasteiger partial charge is 0.263 e. The van der Waals surface area contributed by atoms with Crippen LogP contribution >= 0.6 is 0 Å². The first-order valence-corrected chi connectivity index (χ1v) is 10.2. The van der Waals surface area contributed by atoms with Crippen LogP contribution in [0.2, 0.25) is 0 Å². The van der Waals surface area contributed by atoms with Gasteiger partial charge in [-0.1, -0.05) is 12.1 Å². The van der Waals surface area contributed by atoms with Gasteiger partial charge in [-0.2, -0.15) is 0 Å². The number of nitrogens with zero attached hydrogens (tertiary/aromatic N) is 2. The number of carbonyl (C=O) groups excluding carboxylic acids is 2. The monoisotopic (exact) mass is 419 g/mol. The van der Waals surface area contributed by atoms with E-state index in [4.69, 9.17) is 9.47 Å². The Hall–Kier alpha value is -3.61. The van der Waals surface area contributed by atoms with Crippen LogP contribution in [-0.4, -0.2) is 35.0 Å². The van der Waals surface area contributed by atoms with Gasteiger partial charge in [0.1, 0.15) is 23.0 Å². The quantitative estimate of drug-likeness (QED) is 0.591. The molecule has 0 atom stereocenters. The van der Waals surface area contributed by atoms with Gasteiger partial charge in [0.05, 0.1) is 7.11 Å². The van der Waals surface area contributed by atoms with Gasteiger partial charge in [-0.15, -0.1) is 0 Å². The lowest BCUT2D eigenvalue weighted by Gasteiger charge is -2.11. The summed E-state index contributed by atoms with van der Waals surface area (Å²) in [5.41, 5.74) is 2.92. The number of imidazole rings is 1. The number of aromatic nitrogens is 2. The number of hydrogen-bond acceptors (Lipinski definition) is 5. The summed E-state index contributed by atoms with van der Waals surface area (Å²) in [5, 5.41) is 2.78. The third-order valence-corrected chi connectivity index (χ3v) is 5.36. The Balaban J connectivity index is 1.54. The zero-order chi connectivity index (χ0) is 22.0. The van der Waals surface area contributed by atoms with Crippen molar-refractivity contribution in [3.63, 3.8) is 0 Å². The second kappa shape index (κ2) is 8.63. The molecule has 2 heterocycles. The van der Waals surface area contributed by atoms with Crippen LogP contribution in [0.3, 0.4) is 0 Å². The average molecular weight is 419 g/mol. The first-order chi connectivity index (χ1) is 15.0. The molecule has 1 aliphatic heterocycles. The Bertz CT molecular complexity index is 1130. The van der Waals surface area contributed by atoms with E-state index in [9.17, 15) is 9.59 Å². The Labute approximate surface area is 181 Å². The van der Waals surface area contributed by atoms with Gasteiger partial charge in [0.15, 0.2) is 12.4 Å². The number of ether oxygens (including phenoxy) is 2. The fraction of sp³-hybridized carbons (Fsp3) is 0.292. The maximum atomic E-state index is 13.2. The lowest BCUT2D eigenvalue weighted by atomic mass is 10.1. The summed E-state index contributed by atoms with van der Waals surface area (Å²) in [4.78, 5) is 30.4. The molecule has 0 bridgehead atoms. The van der Waals surface area contributed by atoms with Crippen molar-refractivity contribution in [2.45, 2.75) is 33.2 Å². The van der Waals surface area contributed by atoms with Crippen LogP contribution in [0.25, 0.3) is 0 Å². The highest BCUT2D eigenvalue weighted by molar-refractivity contribution is 6.12. The summed E-state index contributed by atoms with van der Waals surface area (Å²) in [5.74, 6) is 1.88. The van der Waals surface area contributed by atoms with Gasteiger partial charge >= 0.3 is 0 Å². The minimum absolute atomic E-state index is 0.164. The van der Waals surface area contributed by atoms with E-state index in [0.717, 1.165) is 29.8 Å². The third-order valence-electron chi connectivity index (χ3n) is 5.36. The van der Waals surface area contributed by atoms with E-state index in [2.05, 4.69) is 10.3 Å². The van der Waals surface area contributed by atoms with Crippen molar-refractivity contribution in [2.75, 3.05) is 19.0 Å². The molecule has 4 rings (SSSR count). The van der Waals surface area contributed by atoms with Crippen molar-refractivity contribution in [2.24, 2.45) is 0 Å². The fourth-order valence-electron chi connectivity index (χ4n) is 3.70. The van der Waals surface area contributed by atoms with Gasteiger partial charge in [0, 0.05) is 18.5 Å². The predicted molar refractivity (Wildman–Crippen MR) is 117 cm³/mol. The van der Waals surface area contributed by atoms with Crippen LogP contribution in [-0.2, 0) is 17.8 Å². The second-order valence-electron chi connectivity index (χ2n) is 7.64. The number of methoxy groups -OCH3 is 1. The zero-order valence-corrected chi connectivity index (χ0v) is 17.9. The molecule has 0 saturated heterocycles. The Kier molecular flexibility index (Phi) is 5.75. The summed E-state index contributed by atoms with van der Waals surface area (Å²) in [7, 11) is 1.58. The number of aryl methyl sites for hydroxylation is 3. The number of nitrogens with one attached hydrogen (secondary N) is 1. The van der Waals surface area contributed by atoms with Crippen LogP contribution in [0, 0.1) is 13.8 Å². The average Bonchev–Trinajstić information content (AvgIpc) is 3.35. The molecule has 2 aromatic carbocycles. The summed E-state index contributed by atoms with van der Waals surface area (Å²) >= 11 is 0. The maximum absolute atomic E-state index is 13.2. The molecule has 7 nitrogen and oxygen atoms in total. The molecule has 0 fully saturated rings. The predicted octanol–water partition coefficient (Wildman–Crippen LogP) is 3.70. The molecule has 1 aliphatic rings. The third kappa shape index (κ3) is 4.30. The molecular formula is C24H25N3O4. The van der Waals surface area contributed by atoms with Crippen molar-refractivity contribution < 1.29 is 19.1 Å². The van der Waals surface area contributed by atoms with Crippen molar-refractivity contribution in [1.29, 1.82) is 0 Å². The van der Waals surface area contributed by atoms with E-state index in [1.165, 1.54) is 0 Å². The van der Waals surface area contributed by atoms with Crippen molar-refractivity contribution >= 4 is 17.5 Å². The van der Waals surface area contributed by atoms with Gasteiger partial charge in [-0.3, -0.25) is 9.59 Å². The number of amides is 1. The van der Waals surface area contributed by atoms with Gasteiger partial charge in [0.2, 0.25) is 5.78 Å². The number of rotatable bonds is 7. The van der Waals surface area contributed by atoms with Crippen LogP contribution in [0.15, 0.2) is 42.5 Å². The molecule has 0 spiro atoms. The topological polar surface area (TPSA) is 82.4 Å². The summed E-state index contributed by atoms with van der Waals surface area (Å²) in [6.45, 7) is 4.44. The lowest BCUT2D eigenvalue weighted by Crippen LogP contribution is -2.22. The Morgan fingerprint density at radius 3 is 2.65 bits per heavy atom. The number of hydrogen-bond donors (Lipinski definition) is 1. The highest BCUT2D eigenvalue weighted by atomic mass is 16.5.